The summed E-state index contributed by atoms with van der Waals surface area (Å²) in [6.45, 7) is 1.32. The molecule has 1 aromatic carbocycles. The lowest BCUT2D eigenvalue weighted by molar-refractivity contribution is 0.0690. The molecule has 1 aliphatic heterocycles. The lowest BCUT2D eigenvalue weighted by atomic mass is 9.97. The van der Waals surface area contributed by atoms with Crippen molar-refractivity contribution in [3.63, 3.8) is 0 Å². The Morgan fingerprint density at radius 2 is 2.08 bits per heavy atom. The Morgan fingerprint density at radius 1 is 1.19 bits per heavy atom. The van der Waals surface area contributed by atoms with Crippen LogP contribution < -0.4 is 0 Å². The van der Waals surface area contributed by atoms with Crippen LogP contribution in [0.4, 0.5) is 0 Å². The molecule has 1 fully saturated rings. The fourth-order valence-corrected chi connectivity index (χ4v) is 3.33. The molecule has 3 aromatic rings. The summed E-state index contributed by atoms with van der Waals surface area (Å²) in [6, 6.07) is 13.6. The molecule has 4 rings (SSSR count). The largest absolute Gasteiger partial charge is 0.445 e. The van der Waals surface area contributed by atoms with Crippen molar-refractivity contribution in [3.05, 3.63) is 77.8 Å². The van der Waals surface area contributed by atoms with Crippen LogP contribution in [0, 0.1) is 0 Å². The first-order valence-electron chi connectivity index (χ1n) is 8.85. The smallest absolute Gasteiger partial charge is 0.274 e. The van der Waals surface area contributed by atoms with Crippen LogP contribution in [0.3, 0.4) is 0 Å². The van der Waals surface area contributed by atoms with Gasteiger partial charge < -0.3 is 9.32 Å². The lowest BCUT2D eigenvalue weighted by Gasteiger charge is -2.30. The first-order valence-corrected chi connectivity index (χ1v) is 8.85. The molecule has 2 aromatic heterocycles. The number of hydrogen-bond donors (Lipinski definition) is 0. The molecule has 0 bridgehead atoms. The van der Waals surface area contributed by atoms with E-state index in [9.17, 15) is 4.79 Å². The van der Waals surface area contributed by atoms with Crippen LogP contribution >= 0.6 is 0 Å². The molecule has 0 N–H and O–H groups in total. The van der Waals surface area contributed by atoms with Crippen LogP contribution in [0.5, 0.6) is 0 Å². The maximum atomic E-state index is 12.6. The Hall–Kier alpha value is -3.02. The van der Waals surface area contributed by atoms with Crippen LogP contribution in [-0.2, 0) is 6.42 Å². The Balaban J connectivity index is 1.44. The lowest BCUT2D eigenvalue weighted by Crippen LogP contribution is -2.39. The van der Waals surface area contributed by atoms with Crippen molar-refractivity contribution in [2.24, 2.45) is 0 Å². The summed E-state index contributed by atoms with van der Waals surface area (Å²) in [7, 11) is 0. The van der Waals surface area contributed by atoms with Gasteiger partial charge in [-0.1, -0.05) is 30.3 Å². The summed E-state index contributed by atoms with van der Waals surface area (Å²) in [5.74, 6) is 1.60. The molecule has 132 valence electrons. The second kappa shape index (κ2) is 7.47. The summed E-state index contributed by atoms with van der Waals surface area (Å²) in [6.07, 6.45) is 5.98. The Bertz CT molecular complexity index is 864. The molecule has 1 amide bonds. The monoisotopic (exact) mass is 348 g/mol. The highest BCUT2D eigenvalue weighted by Crippen LogP contribution is 2.27. The average molecular weight is 348 g/mol. The van der Waals surface area contributed by atoms with Crippen LogP contribution in [0.2, 0.25) is 0 Å². The van der Waals surface area contributed by atoms with Crippen LogP contribution in [0.1, 0.15) is 46.5 Å². The predicted octanol–water partition coefficient (Wildman–Crippen LogP) is 3.08. The normalized spacial score (nSPS) is 17.2. The fourth-order valence-electron chi connectivity index (χ4n) is 3.33. The van der Waals surface area contributed by atoms with Gasteiger partial charge in [-0.3, -0.25) is 4.79 Å². The zero-order valence-electron chi connectivity index (χ0n) is 14.4. The molecule has 3 heterocycles. The highest BCUT2D eigenvalue weighted by molar-refractivity contribution is 5.92. The zero-order chi connectivity index (χ0) is 17.8. The minimum atomic E-state index is -0.0844. The first kappa shape index (κ1) is 16.4. The summed E-state index contributed by atoms with van der Waals surface area (Å²) in [4.78, 5) is 18.9. The van der Waals surface area contributed by atoms with Crippen molar-refractivity contribution < 1.29 is 9.21 Å². The maximum Gasteiger partial charge on any atom is 0.274 e. The number of benzene rings is 1. The van der Waals surface area contributed by atoms with Gasteiger partial charge in [0.15, 0.2) is 11.6 Å². The van der Waals surface area contributed by atoms with Gasteiger partial charge in [0.05, 0.1) is 12.1 Å². The molecule has 6 nitrogen and oxygen atoms in total. The van der Waals surface area contributed by atoms with Crippen molar-refractivity contribution in [1.29, 1.82) is 0 Å². The fraction of sp³-hybridized carbons (Fsp3) is 0.300. The number of oxazole rings is 1. The van der Waals surface area contributed by atoms with Crippen molar-refractivity contribution in [3.8, 4) is 0 Å². The van der Waals surface area contributed by atoms with E-state index in [1.807, 2.05) is 23.1 Å². The van der Waals surface area contributed by atoms with E-state index in [1.165, 1.54) is 5.56 Å². The van der Waals surface area contributed by atoms with Crippen LogP contribution in [0.25, 0.3) is 0 Å². The van der Waals surface area contributed by atoms with E-state index in [4.69, 9.17) is 4.42 Å². The SMILES string of the molecule is O=C(c1cccnn1)N1CCC[C@@H](c2ncc(Cc3ccccc3)o2)C1. The number of rotatable bonds is 4. The quantitative estimate of drug-likeness (QED) is 0.724. The number of carbonyl (C=O) groups excluding carboxylic acids is 1. The van der Waals surface area contributed by atoms with Gasteiger partial charge in [0, 0.05) is 25.7 Å². The molecule has 0 radical (unpaired) electrons. The highest BCUT2D eigenvalue weighted by atomic mass is 16.4. The Labute approximate surface area is 151 Å². The van der Waals surface area contributed by atoms with E-state index in [1.54, 1.807) is 24.5 Å². The summed E-state index contributed by atoms with van der Waals surface area (Å²) >= 11 is 0. The molecule has 0 unspecified atom stereocenters. The van der Waals surface area contributed by atoms with E-state index in [0.29, 0.717) is 18.1 Å². The van der Waals surface area contributed by atoms with Gasteiger partial charge in [0.1, 0.15) is 5.76 Å². The van der Waals surface area contributed by atoms with Gasteiger partial charge >= 0.3 is 0 Å². The molecule has 0 spiro atoms. The standard InChI is InChI=1S/C20H20N4O2/c25-20(18-9-4-10-22-23-18)24-11-5-8-16(14-24)19-21-13-17(26-19)12-15-6-2-1-3-7-15/h1-4,6-7,9-10,13,16H,5,8,11-12,14H2/t16-/m1/s1. The number of aromatic nitrogens is 3. The summed E-state index contributed by atoms with van der Waals surface area (Å²) in [5.41, 5.74) is 1.57. The van der Waals surface area contributed by atoms with E-state index in [2.05, 4.69) is 27.3 Å². The Kier molecular flexibility index (Phi) is 4.73. The molecule has 1 aliphatic rings. The topological polar surface area (TPSA) is 72.1 Å². The second-order valence-electron chi connectivity index (χ2n) is 6.53. The maximum absolute atomic E-state index is 12.6. The van der Waals surface area contributed by atoms with Gasteiger partial charge in [-0.25, -0.2) is 4.98 Å². The van der Waals surface area contributed by atoms with Crippen molar-refractivity contribution in [1.82, 2.24) is 20.1 Å². The molecule has 1 atom stereocenters. The summed E-state index contributed by atoms with van der Waals surface area (Å²) < 4.78 is 5.98. The predicted molar refractivity (Wildman–Crippen MR) is 95.7 cm³/mol. The number of amides is 1. The highest BCUT2D eigenvalue weighted by Gasteiger charge is 2.29. The number of likely N-dealkylation sites (tertiary alicyclic amines) is 1. The third-order valence-corrected chi connectivity index (χ3v) is 4.64. The molecule has 0 saturated carbocycles. The third kappa shape index (κ3) is 3.64. The van der Waals surface area contributed by atoms with Crippen molar-refractivity contribution in [2.75, 3.05) is 13.1 Å². The molecule has 26 heavy (non-hydrogen) atoms. The van der Waals surface area contributed by atoms with E-state index in [0.717, 1.165) is 31.6 Å². The number of piperidine rings is 1. The molecule has 0 aliphatic carbocycles. The second-order valence-corrected chi connectivity index (χ2v) is 6.53. The molecule has 6 heteroatoms. The van der Waals surface area contributed by atoms with Crippen molar-refractivity contribution >= 4 is 5.91 Å². The van der Waals surface area contributed by atoms with Crippen LogP contribution in [-0.4, -0.2) is 39.1 Å². The van der Waals surface area contributed by atoms with Crippen LogP contribution in [0.15, 0.2) is 59.3 Å². The van der Waals surface area contributed by atoms with E-state index in [-0.39, 0.29) is 11.8 Å². The first-order chi connectivity index (χ1) is 12.8. The van der Waals surface area contributed by atoms with Gasteiger partial charge in [-0.2, -0.15) is 5.10 Å². The zero-order valence-corrected chi connectivity index (χ0v) is 14.4. The van der Waals surface area contributed by atoms with Gasteiger partial charge in [-0.15, -0.1) is 5.10 Å². The van der Waals surface area contributed by atoms with Gasteiger partial charge in [0.25, 0.3) is 5.91 Å². The van der Waals surface area contributed by atoms with E-state index < -0.39 is 0 Å². The van der Waals surface area contributed by atoms with Gasteiger partial charge in [-0.05, 0) is 30.5 Å². The molecular weight excluding hydrogens is 328 g/mol. The van der Waals surface area contributed by atoms with Gasteiger partial charge in [0.2, 0.25) is 0 Å². The number of nitrogens with zero attached hydrogens (tertiary/aromatic N) is 4. The Morgan fingerprint density at radius 3 is 2.88 bits per heavy atom. The van der Waals surface area contributed by atoms with Crippen molar-refractivity contribution in [2.45, 2.75) is 25.2 Å². The average Bonchev–Trinajstić information content (AvgIpc) is 3.17. The summed E-state index contributed by atoms with van der Waals surface area (Å²) in [5, 5.41) is 7.71. The number of hydrogen-bond acceptors (Lipinski definition) is 5. The third-order valence-electron chi connectivity index (χ3n) is 4.64. The molecule has 1 saturated heterocycles. The number of carbonyl (C=O) groups is 1. The minimum absolute atomic E-state index is 0.0844. The molecular formula is C20H20N4O2. The minimum Gasteiger partial charge on any atom is -0.445 e. The van der Waals surface area contributed by atoms with E-state index >= 15 is 0 Å².